The van der Waals surface area contributed by atoms with E-state index in [1.165, 1.54) is 11.8 Å². The van der Waals surface area contributed by atoms with Crippen LogP contribution in [-0.4, -0.2) is 61.2 Å². The summed E-state index contributed by atoms with van der Waals surface area (Å²) in [7, 11) is 3.97. The van der Waals surface area contributed by atoms with Gasteiger partial charge in [-0.3, -0.25) is 9.88 Å². The van der Waals surface area contributed by atoms with Crippen molar-refractivity contribution in [3.05, 3.63) is 65.9 Å². The molecule has 1 fully saturated rings. The van der Waals surface area contributed by atoms with Crippen LogP contribution < -0.4 is 9.80 Å². The van der Waals surface area contributed by atoms with Crippen LogP contribution in [0.3, 0.4) is 0 Å². The molecule has 1 aromatic heterocycles. The number of piperazine rings is 1. The lowest BCUT2D eigenvalue weighted by molar-refractivity contribution is 0.0697. The quantitative estimate of drug-likeness (QED) is 0.721. The van der Waals surface area contributed by atoms with Gasteiger partial charge in [-0.2, -0.15) is 0 Å². The molecule has 0 unspecified atom stereocenters. The molecule has 0 spiro atoms. The largest absolute Gasteiger partial charge is 0.478 e. The molecule has 4 rings (SSSR count). The van der Waals surface area contributed by atoms with E-state index >= 15 is 0 Å². The zero-order valence-corrected chi connectivity index (χ0v) is 16.9. The Labute approximate surface area is 171 Å². The first-order valence-corrected chi connectivity index (χ1v) is 9.87. The highest BCUT2D eigenvalue weighted by Crippen LogP contribution is 2.33. The van der Waals surface area contributed by atoms with Gasteiger partial charge in [0.15, 0.2) is 0 Å². The normalized spacial score (nSPS) is 14.9. The average Bonchev–Trinajstić information content (AvgIpc) is 2.73. The van der Waals surface area contributed by atoms with Gasteiger partial charge in [0.05, 0.1) is 11.2 Å². The maximum atomic E-state index is 11.9. The van der Waals surface area contributed by atoms with Crippen LogP contribution in [0.1, 0.15) is 15.9 Å². The van der Waals surface area contributed by atoms with Gasteiger partial charge in [-0.1, -0.05) is 30.3 Å². The molecule has 150 valence electrons. The number of hydrogen-bond donors (Lipinski definition) is 1. The molecule has 1 aliphatic rings. The van der Waals surface area contributed by atoms with Gasteiger partial charge in [-0.05, 0) is 23.8 Å². The van der Waals surface area contributed by atoms with E-state index in [0.717, 1.165) is 55.0 Å². The third-order valence-corrected chi connectivity index (χ3v) is 5.51. The van der Waals surface area contributed by atoms with E-state index in [0.29, 0.717) is 0 Å². The van der Waals surface area contributed by atoms with Crippen molar-refractivity contribution < 1.29 is 9.90 Å². The highest BCUT2D eigenvalue weighted by molar-refractivity contribution is 6.05. The zero-order chi connectivity index (χ0) is 20.4. The number of nitrogens with zero attached hydrogens (tertiary/aromatic N) is 4. The summed E-state index contributed by atoms with van der Waals surface area (Å²) in [5, 5.41) is 10.7. The number of carboxylic acids is 1. The molecular formula is C23H26N4O2. The number of hydrogen-bond acceptors (Lipinski definition) is 5. The molecule has 0 bridgehead atoms. The van der Waals surface area contributed by atoms with Crippen LogP contribution in [0.2, 0.25) is 0 Å². The minimum Gasteiger partial charge on any atom is -0.478 e. The fraction of sp³-hybridized carbons (Fsp3) is 0.304. The minimum absolute atomic E-state index is 0.268. The summed E-state index contributed by atoms with van der Waals surface area (Å²) < 4.78 is 0. The molecule has 0 amide bonds. The Morgan fingerprint density at radius 1 is 1.07 bits per heavy atom. The number of anilines is 2. The molecule has 1 N–H and O–H groups in total. The lowest BCUT2D eigenvalue weighted by atomic mass is 10.1. The number of carboxylic acid groups (broad SMARTS) is 1. The maximum Gasteiger partial charge on any atom is 0.339 e. The second-order valence-electron chi connectivity index (χ2n) is 7.67. The van der Waals surface area contributed by atoms with E-state index in [-0.39, 0.29) is 5.56 Å². The van der Waals surface area contributed by atoms with Gasteiger partial charge >= 0.3 is 5.97 Å². The van der Waals surface area contributed by atoms with Crippen molar-refractivity contribution in [3.63, 3.8) is 0 Å². The predicted molar refractivity (Wildman–Crippen MR) is 117 cm³/mol. The average molecular weight is 390 g/mol. The highest BCUT2D eigenvalue weighted by Gasteiger charge is 2.24. The van der Waals surface area contributed by atoms with E-state index in [9.17, 15) is 9.90 Å². The molecule has 0 aliphatic carbocycles. The summed E-state index contributed by atoms with van der Waals surface area (Å²) in [5.41, 5.74) is 4.21. The smallest absolute Gasteiger partial charge is 0.339 e. The molecule has 3 aromatic rings. The van der Waals surface area contributed by atoms with E-state index in [4.69, 9.17) is 0 Å². The standard InChI is InChI=1S/C23H26N4O2/c1-25(2)18-8-9-21-19(14-18)22(20(15-24-21)23(28)29)27-12-10-26(11-13-27)16-17-6-4-3-5-7-17/h3-9,14-15H,10-13,16H2,1-2H3,(H,28,29). The Bertz CT molecular complexity index is 1010. The van der Waals surface area contributed by atoms with Crippen molar-refractivity contribution >= 4 is 28.2 Å². The van der Waals surface area contributed by atoms with Gasteiger partial charge in [0.1, 0.15) is 5.56 Å². The van der Waals surface area contributed by atoms with Gasteiger partial charge < -0.3 is 14.9 Å². The van der Waals surface area contributed by atoms with E-state index in [1.54, 1.807) is 0 Å². The van der Waals surface area contributed by atoms with Crippen molar-refractivity contribution in [1.82, 2.24) is 9.88 Å². The van der Waals surface area contributed by atoms with Crippen molar-refractivity contribution in [1.29, 1.82) is 0 Å². The number of carbonyl (C=O) groups is 1. The summed E-state index contributed by atoms with van der Waals surface area (Å²) >= 11 is 0. The van der Waals surface area contributed by atoms with Crippen molar-refractivity contribution in [2.24, 2.45) is 0 Å². The second kappa shape index (κ2) is 8.09. The van der Waals surface area contributed by atoms with Gasteiger partial charge in [0.25, 0.3) is 0 Å². The molecule has 0 atom stereocenters. The van der Waals surface area contributed by atoms with Crippen LogP contribution in [-0.2, 0) is 6.54 Å². The SMILES string of the molecule is CN(C)c1ccc2ncc(C(=O)O)c(N3CCN(Cc4ccccc4)CC3)c2c1. The van der Waals surface area contributed by atoms with Gasteiger partial charge in [-0.15, -0.1) is 0 Å². The molecule has 2 heterocycles. The summed E-state index contributed by atoms with van der Waals surface area (Å²) in [6, 6.07) is 16.5. The van der Waals surface area contributed by atoms with Crippen LogP contribution in [0.4, 0.5) is 11.4 Å². The summed E-state index contributed by atoms with van der Waals surface area (Å²) in [6.07, 6.45) is 1.49. The Kier molecular flexibility index (Phi) is 5.36. The molecule has 6 heteroatoms. The summed E-state index contributed by atoms with van der Waals surface area (Å²) in [6.45, 7) is 4.29. The van der Waals surface area contributed by atoms with Crippen LogP contribution in [0.5, 0.6) is 0 Å². The number of rotatable bonds is 5. The summed E-state index contributed by atoms with van der Waals surface area (Å²) in [5.74, 6) is -0.934. The van der Waals surface area contributed by atoms with Gasteiger partial charge in [-0.25, -0.2) is 4.79 Å². The first-order chi connectivity index (χ1) is 14.0. The van der Waals surface area contributed by atoms with E-state index in [1.807, 2.05) is 43.3 Å². The molecular weight excluding hydrogens is 364 g/mol. The Balaban J connectivity index is 1.63. The number of aromatic carboxylic acids is 1. The molecule has 1 aliphatic heterocycles. The van der Waals surface area contributed by atoms with Gasteiger partial charge in [0, 0.05) is 64.1 Å². The molecule has 1 saturated heterocycles. The highest BCUT2D eigenvalue weighted by atomic mass is 16.4. The first kappa shape index (κ1) is 19.2. The lowest BCUT2D eigenvalue weighted by Gasteiger charge is -2.37. The topological polar surface area (TPSA) is 59.9 Å². The Hall–Kier alpha value is -3.12. The summed E-state index contributed by atoms with van der Waals surface area (Å²) in [4.78, 5) is 23.0. The van der Waals surface area contributed by atoms with Gasteiger partial charge in [0.2, 0.25) is 0 Å². The third kappa shape index (κ3) is 4.03. The number of benzene rings is 2. The molecule has 29 heavy (non-hydrogen) atoms. The van der Waals surface area contributed by atoms with Crippen LogP contribution in [0.15, 0.2) is 54.7 Å². The van der Waals surface area contributed by atoms with E-state index < -0.39 is 5.97 Å². The molecule has 6 nitrogen and oxygen atoms in total. The fourth-order valence-electron chi connectivity index (χ4n) is 3.91. The fourth-order valence-corrected chi connectivity index (χ4v) is 3.91. The monoisotopic (exact) mass is 390 g/mol. The molecule has 0 saturated carbocycles. The Morgan fingerprint density at radius 3 is 2.45 bits per heavy atom. The van der Waals surface area contributed by atoms with Crippen molar-refractivity contribution in [2.45, 2.75) is 6.54 Å². The van der Waals surface area contributed by atoms with Crippen LogP contribution >= 0.6 is 0 Å². The minimum atomic E-state index is -0.934. The lowest BCUT2D eigenvalue weighted by Crippen LogP contribution is -2.46. The van der Waals surface area contributed by atoms with Crippen LogP contribution in [0, 0.1) is 0 Å². The maximum absolute atomic E-state index is 11.9. The first-order valence-electron chi connectivity index (χ1n) is 9.87. The number of pyridine rings is 1. The number of fused-ring (bicyclic) bond motifs is 1. The van der Waals surface area contributed by atoms with Crippen molar-refractivity contribution in [2.75, 3.05) is 50.1 Å². The second-order valence-corrected chi connectivity index (χ2v) is 7.67. The third-order valence-electron chi connectivity index (χ3n) is 5.51. The van der Waals surface area contributed by atoms with Crippen LogP contribution in [0.25, 0.3) is 10.9 Å². The predicted octanol–water partition coefficient (Wildman–Crippen LogP) is 3.32. The Morgan fingerprint density at radius 2 is 1.79 bits per heavy atom. The van der Waals surface area contributed by atoms with Crippen molar-refractivity contribution in [3.8, 4) is 0 Å². The zero-order valence-electron chi connectivity index (χ0n) is 16.9. The number of aromatic nitrogens is 1. The van der Waals surface area contributed by atoms with E-state index in [2.05, 4.69) is 39.0 Å². The molecule has 0 radical (unpaired) electrons. The molecule has 2 aromatic carbocycles.